The zero-order valence-corrected chi connectivity index (χ0v) is 6.08. The standard InChI is InChI=1S/C7H13NO2/c1-2-3-4-6(8)5-7(9)10/h3-4,6H,2,5,8H2,1H3,(H,9,10). The van der Waals surface area contributed by atoms with E-state index in [2.05, 4.69) is 0 Å². The summed E-state index contributed by atoms with van der Waals surface area (Å²) in [5, 5.41) is 8.27. The summed E-state index contributed by atoms with van der Waals surface area (Å²) < 4.78 is 0. The number of allylic oxidation sites excluding steroid dienone is 1. The summed E-state index contributed by atoms with van der Waals surface area (Å²) in [4.78, 5) is 10.1. The van der Waals surface area contributed by atoms with Crippen LogP contribution in [-0.2, 0) is 4.79 Å². The fourth-order valence-corrected chi connectivity index (χ4v) is 0.581. The van der Waals surface area contributed by atoms with Gasteiger partial charge in [0, 0.05) is 6.04 Å². The maximum Gasteiger partial charge on any atom is 0.305 e. The fraction of sp³-hybridized carbons (Fsp3) is 0.571. The topological polar surface area (TPSA) is 63.3 Å². The summed E-state index contributed by atoms with van der Waals surface area (Å²) in [6.45, 7) is 1.98. The average molecular weight is 143 g/mol. The molecule has 3 N–H and O–H groups in total. The van der Waals surface area contributed by atoms with Gasteiger partial charge in [0.25, 0.3) is 0 Å². The SMILES string of the molecule is CCC=CC(N)CC(=O)O. The molecule has 0 spiro atoms. The Labute approximate surface area is 60.5 Å². The molecule has 10 heavy (non-hydrogen) atoms. The number of nitrogens with two attached hydrogens (primary N) is 1. The Balaban J connectivity index is 3.52. The summed E-state index contributed by atoms with van der Waals surface area (Å²) in [6.07, 6.45) is 4.49. The van der Waals surface area contributed by atoms with Crippen molar-refractivity contribution in [3.05, 3.63) is 12.2 Å². The van der Waals surface area contributed by atoms with Crippen molar-refractivity contribution < 1.29 is 9.90 Å². The van der Waals surface area contributed by atoms with Gasteiger partial charge in [0.1, 0.15) is 0 Å². The second-order valence-corrected chi connectivity index (χ2v) is 2.10. The van der Waals surface area contributed by atoms with Crippen LogP contribution < -0.4 is 5.73 Å². The number of carbonyl (C=O) groups is 1. The minimum Gasteiger partial charge on any atom is -0.481 e. The van der Waals surface area contributed by atoms with Crippen LogP contribution in [-0.4, -0.2) is 17.1 Å². The van der Waals surface area contributed by atoms with E-state index in [0.29, 0.717) is 0 Å². The molecule has 0 bridgehead atoms. The van der Waals surface area contributed by atoms with E-state index in [-0.39, 0.29) is 12.5 Å². The van der Waals surface area contributed by atoms with Gasteiger partial charge in [0.05, 0.1) is 6.42 Å². The molecule has 0 radical (unpaired) electrons. The summed E-state index contributed by atoms with van der Waals surface area (Å²) in [7, 11) is 0. The number of rotatable bonds is 4. The van der Waals surface area contributed by atoms with Crippen LogP contribution in [0.25, 0.3) is 0 Å². The van der Waals surface area contributed by atoms with E-state index in [1.54, 1.807) is 6.08 Å². The monoisotopic (exact) mass is 143 g/mol. The Morgan fingerprint density at radius 3 is 2.80 bits per heavy atom. The molecule has 0 rings (SSSR count). The van der Waals surface area contributed by atoms with E-state index < -0.39 is 5.97 Å². The highest BCUT2D eigenvalue weighted by Crippen LogP contribution is 1.91. The third kappa shape index (κ3) is 5.31. The van der Waals surface area contributed by atoms with Gasteiger partial charge in [-0.3, -0.25) is 4.79 Å². The van der Waals surface area contributed by atoms with E-state index in [1.165, 1.54) is 0 Å². The van der Waals surface area contributed by atoms with Crippen LogP contribution >= 0.6 is 0 Å². The summed E-state index contributed by atoms with van der Waals surface area (Å²) in [5.41, 5.74) is 5.39. The maximum absolute atomic E-state index is 10.1. The summed E-state index contributed by atoms with van der Waals surface area (Å²) in [6, 6.07) is -0.336. The molecule has 58 valence electrons. The molecule has 0 aliphatic rings. The molecule has 0 aliphatic heterocycles. The van der Waals surface area contributed by atoms with Gasteiger partial charge in [-0.25, -0.2) is 0 Å². The van der Waals surface area contributed by atoms with E-state index in [4.69, 9.17) is 10.8 Å². The summed E-state index contributed by atoms with van der Waals surface area (Å²) in [5.74, 6) is -0.853. The van der Waals surface area contributed by atoms with Gasteiger partial charge >= 0.3 is 5.97 Å². The van der Waals surface area contributed by atoms with Crippen molar-refractivity contribution in [3.8, 4) is 0 Å². The van der Waals surface area contributed by atoms with Gasteiger partial charge in [-0.1, -0.05) is 19.1 Å². The molecule has 0 heterocycles. The highest BCUT2D eigenvalue weighted by Gasteiger charge is 2.02. The van der Waals surface area contributed by atoms with Crippen LogP contribution in [0.4, 0.5) is 0 Å². The normalized spacial score (nSPS) is 13.8. The minimum atomic E-state index is -0.853. The third-order valence-electron chi connectivity index (χ3n) is 1.03. The van der Waals surface area contributed by atoms with E-state index >= 15 is 0 Å². The lowest BCUT2D eigenvalue weighted by Crippen LogP contribution is -2.20. The van der Waals surface area contributed by atoms with Crippen LogP contribution in [0.1, 0.15) is 19.8 Å². The summed E-state index contributed by atoms with van der Waals surface area (Å²) >= 11 is 0. The van der Waals surface area contributed by atoms with Crippen molar-refractivity contribution in [2.45, 2.75) is 25.8 Å². The molecule has 0 saturated carbocycles. The lowest BCUT2D eigenvalue weighted by atomic mass is 10.2. The van der Waals surface area contributed by atoms with Crippen LogP contribution in [0.5, 0.6) is 0 Å². The molecular weight excluding hydrogens is 130 g/mol. The second kappa shape index (κ2) is 4.99. The highest BCUT2D eigenvalue weighted by atomic mass is 16.4. The molecule has 0 aromatic heterocycles. The van der Waals surface area contributed by atoms with Gasteiger partial charge in [0.15, 0.2) is 0 Å². The van der Waals surface area contributed by atoms with Gasteiger partial charge in [0.2, 0.25) is 0 Å². The molecule has 3 nitrogen and oxygen atoms in total. The van der Waals surface area contributed by atoms with Gasteiger partial charge in [-0.2, -0.15) is 0 Å². The van der Waals surface area contributed by atoms with Crippen LogP contribution in [0.15, 0.2) is 12.2 Å². The Morgan fingerprint density at radius 2 is 2.40 bits per heavy atom. The first kappa shape index (κ1) is 9.17. The molecular formula is C7H13NO2. The van der Waals surface area contributed by atoms with E-state index in [0.717, 1.165) is 6.42 Å². The largest absolute Gasteiger partial charge is 0.481 e. The zero-order valence-electron chi connectivity index (χ0n) is 6.08. The molecule has 1 atom stereocenters. The second-order valence-electron chi connectivity index (χ2n) is 2.10. The van der Waals surface area contributed by atoms with Gasteiger partial charge < -0.3 is 10.8 Å². The first-order valence-corrected chi connectivity index (χ1v) is 3.30. The van der Waals surface area contributed by atoms with E-state index in [9.17, 15) is 4.79 Å². The zero-order chi connectivity index (χ0) is 7.98. The van der Waals surface area contributed by atoms with Crippen molar-refractivity contribution in [2.24, 2.45) is 5.73 Å². The predicted octanol–water partition coefficient (Wildman–Crippen LogP) is 0.755. The van der Waals surface area contributed by atoms with Gasteiger partial charge in [-0.05, 0) is 6.42 Å². The first-order valence-electron chi connectivity index (χ1n) is 3.30. The lowest BCUT2D eigenvalue weighted by molar-refractivity contribution is -0.137. The minimum absolute atomic E-state index is 0.0104. The number of carboxylic acid groups (broad SMARTS) is 1. The quantitative estimate of drug-likeness (QED) is 0.571. The molecule has 0 aromatic carbocycles. The lowest BCUT2D eigenvalue weighted by Gasteiger charge is -1.99. The molecule has 0 saturated heterocycles. The molecule has 3 heteroatoms. The highest BCUT2D eigenvalue weighted by molar-refractivity contribution is 5.67. The van der Waals surface area contributed by atoms with E-state index in [1.807, 2.05) is 13.0 Å². The number of hydrogen-bond donors (Lipinski definition) is 2. The van der Waals surface area contributed by atoms with Crippen molar-refractivity contribution in [1.82, 2.24) is 0 Å². The maximum atomic E-state index is 10.1. The Hall–Kier alpha value is -0.830. The predicted molar refractivity (Wildman–Crippen MR) is 39.7 cm³/mol. The Kier molecular flexibility index (Phi) is 4.58. The van der Waals surface area contributed by atoms with Crippen molar-refractivity contribution in [3.63, 3.8) is 0 Å². The van der Waals surface area contributed by atoms with Crippen LogP contribution in [0.3, 0.4) is 0 Å². The van der Waals surface area contributed by atoms with Crippen LogP contribution in [0, 0.1) is 0 Å². The molecule has 1 unspecified atom stereocenters. The molecule has 0 aromatic rings. The first-order chi connectivity index (χ1) is 4.66. The van der Waals surface area contributed by atoms with Gasteiger partial charge in [-0.15, -0.1) is 0 Å². The van der Waals surface area contributed by atoms with Crippen LogP contribution in [0.2, 0.25) is 0 Å². The average Bonchev–Trinajstić information content (AvgIpc) is 1.82. The smallest absolute Gasteiger partial charge is 0.305 e. The Bertz CT molecular complexity index is 132. The fourth-order valence-electron chi connectivity index (χ4n) is 0.581. The Morgan fingerprint density at radius 1 is 1.80 bits per heavy atom. The number of hydrogen-bond acceptors (Lipinski definition) is 2. The third-order valence-corrected chi connectivity index (χ3v) is 1.03. The van der Waals surface area contributed by atoms with Crippen molar-refractivity contribution in [1.29, 1.82) is 0 Å². The number of aliphatic carboxylic acids is 1. The molecule has 0 fully saturated rings. The van der Waals surface area contributed by atoms with Crippen molar-refractivity contribution in [2.75, 3.05) is 0 Å². The molecule has 0 aliphatic carbocycles. The molecule has 0 amide bonds. The van der Waals surface area contributed by atoms with Crippen molar-refractivity contribution >= 4 is 5.97 Å². The number of carboxylic acids is 1.